The van der Waals surface area contributed by atoms with Gasteiger partial charge in [-0.2, -0.15) is 5.06 Å². The van der Waals surface area contributed by atoms with Gasteiger partial charge in [0.05, 0.1) is 7.11 Å². The minimum atomic E-state index is -0.404. The Kier molecular flexibility index (Phi) is 2.65. The summed E-state index contributed by atoms with van der Waals surface area (Å²) >= 11 is 0. The Morgan fingerprint density at radius 2 is 2.20 bits per heavy atom. The third kappa shape index (κ3) is 1.48. The first-order valence-corrected chi connectivity index (χ1v) is 3.70. The monoisotopic (exact) mass is 145 g/mol. The molecule has 0 spiro atoms. The van der Waals surface area contributed by atoms with Gasteiger partial charge in [-0.25, -0.2) is 0 Å². The van der Waals surface area contributed by atoms with Crippen LogP contribution in [0.5, 0.6) is 0 Å². The highest BCUT2D eigenvalue weighted by atomic mass is 16.7. The fourth-order valence-corrected chi connectivity index (χ4v) is 1.14. The van der Waals surface area contributed by atoms with E-state index in [-0.39, 0.29) is 0 Å². The van der Waals surface area contributed by atoms with E-state index in [1.165, 1.54) is 11.5 Å². The maximum Gasteiger partial charge on any atom is 0.132 e. The molecule has 0 amide bonds. The summed E-state index contributed by atoms with van der Waals surface area (Å²) in [4.78, 5) is 4.85. The number of aliphatic hydroxyl groups excluding tert-OH is 1. The maximum atomic E-state index is 9.44. The molecule has 1 fully saturated rings. The standard InChI is InChI=1S/C7H15NO2/c1-8(10-2)7(9)6-4-3-5-6/h6-7,9H,3-5H2,1-2H3. The lowest BCUT2D eigenvalue weighted by Crippen LogP contribution is -2.39. The molecule has 0 saturated heterocycles. The molecule has 1 saturated carbocycles. The van der Waals surface area contributed by atoms with Gasteiger partial charge in [-0.3, -0.25) is 0 Å². The molecule has 0 aromatic heterocycles. The Morgan fingerprint density at radius 1 is 1.60 bits per heavy atom. The Bertz CT molecular complexity index is 99.0. The van der Waals surface area contributed by atoms with Crippen molar-refractivity contribution >= 4 is 0 Å². The summed E-state index contributed by atoms with van der Waals surface area (Å²) in [5, 5.41) is 10.9. The van der Waals surface area contributed by atoms with E-state index >= 15 is 0 Å². The van der Waals surface area contributed by atoms with Gasteiger partial charge in [-0.1, -0.05) is 6.42 Å². The van der Waals surface area contributed by atoms with Crippen molar-refractivity contribution in [1.82, 2.24) is 5.06 Å². The van der Waals surface area contributed by atoms with E-state index in [2.05, 4.69) is 0 Å². The van der Waals surface area contributed by atoms with Crippen LogP contribution in [0.2, 0.25) is 0 Å². The number of hydroxylamine groups is 2. The van der Waals surface area contributed by atoms with E-state index in [0.29, 0.717) is 5.92 Å². The van der Waals surface area contributed by atoms with E-state index < -0.39 is 6.23 Å². The van der Waals surface area contributed by atoms with Gasteiger partial charge < -0.3 is 9.94 Å². The number of hydrogen-bond acceptors (Lipinski definition) is 3. The number of nitrogens with zero attached hydrogens (tertiary/aromatic N) is 1. The van der Waals surface area contributed by atoms with Crippen molar-refractivity contribution in [3.05, 3.63) is 0 Å². The molecule has 1 atom stereocenters. The first kappa shape index (κ1) is 7.98. The number of hydrogen-bond donors (Lipinski definition) is 1. The van der Waals surface area contributed by atoms with Gasteiger partial charge in [-0.05, 0) is 12.8 Å². The molecule has 1 rings (SSSR count). The Labute approximate surface area is 61.5 Å². The van der Waals surface area contributed by atoms with E-state index in [0.717, 1.165) is 12.8 Å². The molecule has 0 bridgehead atoms. The van der Waals surface area contributed by atoms with Crippen molar-refractivity contribution in [2.24, 2.45) is 5.92 Å². The van der Waals surface area contributed by atoms with Crippen molar-refractivity contribution in [1.29, 1.82) is 0 Å². The molecule has 0 radical (unpaired) electrons. The van der Waals surface area contributed by atoms with Crippen LogP contribution in [-0.2, 0) is 4.84 Å². The molecule has 1 unspecified atom stereocenters. The first-order chi connectivity index (χ1) is 4.75. The minimum absolute atomic E-state index is 0.404. The normalized spacial score (nSPS) is 22.8. The highest BCUT2D eigenvalue weighted by molar-refractivity contribution is 4.73. The van der Waals surface area contributed by atoms with E-state index in [4.69, 9.17) is 4.84 Å². The summed E-state index contributed by atoms with van der Waals surface area (Å²) < 4.78 is 0. The van der Waals surface area contributed by atoms with Crippen molar-refractivity contribution in [2.45, 2.75) is 25.5 Å². The average molecular weight is 145 g/mol. The Hall–Kier alpha value is -0.120. The van der Waals surface area contributed by atoms with Crippen molar-refractivity contribution in [3.63, 3.8) is 0 Å². The number of rotatable bonds is 3. The molecule has 0 aromatic carbocycles. The fourth-order valence-electron chi connectivity index (χ4n) is 1.14. The quantitative estimate of drug-likeness (QED) is 0.466. The molecule has 60 valence electrons. The van der Waals surface area contributed by atoms with Crippen LogP contribution in [0.4, 0.5) is 0 Å². The SMILES string of the molecule is CON(C)C(O)C1CCC1. The summed E-state index contributed by atoms with van der Waals surface area (Å²) in [6.45, 7) is 0. The second-order valence-corrected chi connectivity index (χ2v) is 2.83. The van der Waals surface area contributed by atoms with Crippen LogP contribution in [-0.4, -0.2) is 30.6 Å². The molecule has 10 heavy (non-hydrogen) atoms. The van der Waals surface area contributed by atoms with Crippen LogP contribution < -0.4 is 0 Å². The highest BCUT2D eigenvalue weighted by Gasteiger charge is 2.28. The molecule has 3 nitrogen and oxygen atoms in total. The Balaban J connectivity index is 2.24. The maximum absolute atomic E-state index is 9.44. The zero-order valence-electron chi connectivity index (χ0n) is 6.58. The van der Waals surface area contributed by atoms with Crippen molar-refractivity contribution < 1.29 is 9.94 Å². The lowest BCUT2D eigenvalue weighted by Gasteiger charge is -2.34. The predicted molar refractivity (Wildman–Crippen MR) is 38.1 cm³/mol. The summed E-state index contributed by atoms with van der Waals surface area (Å²) in [5.74, 6) is 0.435. The zero-order valence-corrected chi connectivity index (χ0v) is 6.58. The van der Waals surface area contributed by atoms with Crippen molar-refractivity contribution in [2.75, 3.05) is 14.2 Å². The summed E-state index contributed by atoms with van der Waals surface area (Å²) in [5.41, 5.74) is 0. The van der Waals surface area contributed by atoms with Gasteiger partial charge >= 0.3 is 0 Å². The fraction of sp³-hybridized carbons (Fsp3) is 1.00. The highest BCUT2D eigenvalue weighted by Crippen LogP contribution is 2.30. The summed E-state index contributed by atoms with van der Waals surface area (Å²) in [6, 6.07) is 0. The second kappa shape index (κ2) is 3.32. The lowest BCUT2D eigenvalue weighted by atomic mass is 9.84. The minimum Gasteiger partial charge on any atom is -0.376 e. The molecule has 1 aliphatic carbocycles. The molecule has 0 heterocycles. The van der Waals surface area contributed by atoms with Crippen LogP contribution in [0.3, 0.4) is 0 Å². The second-order valence-electron chi connectivity index (χ2n) is 2.83. The van der Waals surface area contributed by atoms with Crippen LogP contribution in [0.25, 0.3) is 0 Å². The van der Waals surface area contributed by atoms with Gasteiger partial charge in [-0.15, -0.1) is 0 Å². The first-order valence-electron chi connectivity index (χ1n) is 3.70. The molecule has 0 aromatic rings. The van der Waals surface area contributed by atoms with E-state index in [9.17, 15) is 5.11 Å². The predicted octanol–water partition coefficient (Wildman–Crippen LogP) is 0.598. The van der Waals surface area contributed by atoms with Gasteiger partial charge in [0, 0.05) is 13.0 Å². The lowest BCUT2D eigenvalue weighted by molar-refractivity contribution is -0.228. The van der Waals surface area contributed by atoms with Gasteiger partial charge in [0.2, 0.25) is 0 Å². The van der Waals surface area contributed by atoms with Gasteiger partial charge in [0.25, 0.3) is 0 Å². The van der Waals surface area contributed by atoms with Gasteiger partial charge in [0.1, 0.15) is 6.23 Å². The molecule has 0 aliphatic heterocycles. The van der Waals surface area contributed by atoms with Crippen LogP contribution in [0, 0.1) is 5.92 Å². The van der Waals surface area contributed by atoms with Crippen molar-refractivity contribution in [3.8, 4) is 0 Å². The molecular formula is C7H15NO2. The number of aliphatic hydroxyl groups is 1. The molecule has 1 aliphatic rings. The third-order valence-corrected chi connectivity index (χ3v) is 2.23. The average Bonchev–Trinajstić information content (AvgIpc) is 1.82. The molecular weight excluding hydrogens is 130 g/mol. The summed E-state index contributed by atoms with van der Waals surface area (Å²) in [7, 11) is 3.32. The third-order valence-electron chi connectivity index (χ3n) is 2.23. The molecule has 3 heteroatoms. The molecule has 1 N–H and O–H groups in total. The van der Waals surface area contributed by atoms with Crippen LogP contribution in [0.1, 0.15) is 19.3 Å². The smallest absolute Gasteiger partial charge is 0.132 e. The topological polar surface area (TPSA) is 32.7 Å². The van der Waals surface area contributed by atoms with Crippen LogP contribution in [0.15, 0.2) is 0 Å². The van der Waals surface area contributed by atoms with E-state index in [1.54, 1.807) is 14.2 Å². The van der Waals surface area contributed by atoms with E-state index in [1.807, 2.05) is 0 Å². The Morgan fingerprint density at radius 3 is 2.50 bits per heavy atom. The largest absolute Gasteiger partial charge is 0.376 e. The van der Waals surface area contributed by atoms with Gasteiger partial charge in [0.15, 0.2) is 0 Å². The van der Waals surface area contributed by atoms with Crippen LogP contribution >= 0.6 is 0 Å². The zero-order chi connectivity index (χ0) is 7.56. The summed E-state index contributed by atoms with van der Waals surface area (Å²) in [6.07, 6.45) is 3.11.